The van der Waals surface area contributed by atoms with Crippen molar-refractivity contribution in [3.8, 4) is 0 Å². The molecule has 0 spiro atoms. The van der Waals surface area contributed by atoms with Gasteiger partial charge in [-0.3, -0.25) is 0 Å². The molecule has 0 unspecified atom stereocenters. The number of ether oxygens (including phenoxy) is 1. The van der Waals surface area contributed by atoms with Crippen LogP contribution >= 0.6 is 11.8 Å². The molecule has 17 heavy (non-hydrogen) atoms. The van der Waals surface area contributed by atoms with Crippen LogP contribution < -0.4 is 0 Å². The number of alkyl halides is 3. The summed E-state index contributed by atoms with van der Waals surface area (Å²) < 4.78 is 63.8. The Kier molecular flexibility index (Phi) is 4.13. The van der Waals surface area contributed by atoms with Crippen molar-refractivity contribution in [2.45, 2.75) is 18.9 Å². The minimum absolute atomic E-state index is 0.0256. The molecule has 0 fully saturated rings. The lowest BCUT2D eigenvalue weighted by atomic mass is 10.4. The van der Waals surface area contributed by atoms with E-state index in [1.807, 2.05) is 0 Å². The van der Waals surface area contributed by atoms with Crippen LogP contribution in [-0.2, 0) is 19.4 Å². The van der Waals surface area contributed by atoms with Gasteiger partial charge in [0.15, 0.2) is 0 Å². The van der Waals surface area contributed by atoms with E-state index >= 15 is 0 Å². The monoisotopic (exact) mass is 290 g/mol. The van der Waals surface area contributed by atoms with Crippen LogP contribution in [0.5, 0.6) is 0 Å². The molecule has 1 aliphatic heterocycles. The second-order valence-electron chi connectivity index (χ2n) is 3.02. The van der Waals surface area contributed by atoms with Crippen LogP contribution in [0.1, 0.15) is 13.3 Å². The fraction of sp³-hybridized carbons (Fsp3) is 0.625. The van der Waals surface area contributed by atoms with Crippen LogP contribution in [0.2, 0.25) is 0 Å². The van der Waals surface area contributed by atoms with Gasteiger partial charge in [0.05, 0.1) is 11.5 Å². The summed E-state index contributed by atoms with van der Waals surface area (Å²) in [5.41, 5.74) is -5.38. The third-order valence-electron chi connectivity index (χ3n) is 1.92. The van der Waals surface area contributed by atoms with E-state index in [2.05, 4.69) is 4.74 Å². The molecule has 0 aromatic carbocycles. The SMILES string of the molecule is CCOC(=O)C1=C(S(=O)(=O)C(F)(F)F)CCS1. The normalized spacial score (nSPS) is 17.4. The molecule has 0 amide bonds. The van der Waals surface area contributed by atoms with Crippen molar-refractivity contribution < 1.29 is 31.1 Å². The maximum absolute atomic E-state index is 12.3. The first-order valence-electron chi connectivity index (χ1n) is 4.56. The molecule has 4 nitrogen and oxygen atoms in total. The van der Waals surface area contributed by atoms with Crippen LogP contribution in [0.25, 0.3) is 0 Å². The van der Waals surface area contributed by atoms with E-state index < -0.39 is 31.1 Å². The molecule has 0 saturated carbocycles. The first kappa shape index (κ1) is 14.4. The number of esters is 1. The van der Waals surface area contributed by atoms with Gasteiger partial charge in [-0.1, -0.05) is 0 Å². The molecule has 9 heteroatoms. The third-order valence-corrected chi connectivity index (χ3v) is 4.82. The minimum Gasteiger partial charge on any atom is -0.462 e. The molecule has 0 bridgehead atoms. The summed E-state index contributed by atoms with van der Waals surface area (Å²) in [5.74, 6) is -0.892. The van der Waals surface area contributed by atoms with Gasteiger partial charge in [0.25, 0.3) is 9.84 Å². The van der Waals surface area contributed by atoms with Gasteiger partial charge in [-0.05, 0) is 13.3 Å². The summed E-state index contributed by atoms with van der Waals surface area (Å²) in [6.07, 6.45) is -0.305. The smallest absolute Gasteiger partial charge is 0.462 e. The average Bonchev–Trinajstić information content (AvgIpc) is 2.64. The zero-order valence-corrected chi connectivity index (χ0v) is 10.3. The first-order valence-corrected chi connectivity index (χ1v) is 7.03. The minimum atomic E-state index is -5.43. The van der Waals surface area contributed by atoms with Gasteiger partial charge in [0, 0.05) is 5.75 Å². The second-order valence-corrected chi connectivity index (χ2v) is 6.09. The van der Waals surface area contributed by atoms with E-state index in [4.69, 9.17) is 0 Å². The van der Waals surface area contributed by atoms with E-state index in [1.165, 1.54) is 6.92 Å². The average molecular weight is 290 g/mol. The van der Waals surface area contributed by atoms with Crippen LogP contribution in [0.3, 0.4) is 0 Å². The van der Waals surface area contributed by atoms with Gasteiger partial charge >= 0.3 is 11.5 Å². The maximum atomic E-state index is 12.3. The van der Waals surface area contributed by atoms with Gasteiger partial charge < -0.3 is 4.74 Å². The Morgan fingerprint density at radius 3 is 2.53 bits per heavy atom. The molecule has 0 aliphatic carbocycles. The summed E-state index contributed by atoms with van der Waals surface area (Å²) in [6, 6.07) is 0. The number of carbonyl (C=O) groups excluding carboxylic acids is 1. The summed E-state index contributed by atoms with van der Waals surface area (Å²) in [7, 11) is -5.43. The largest absolute Gasteiger partial charge is 0.501 e. The highest BCUT2D eigenvalue weighted by Gasteiger charge is 2.50. The molecular formula is C8H9F3O4S2. The van der Waals surface area contributed by atoms with Gasteiger partial charge in [0.1, 0.15) is 4.91 Å². The molecule has 1 heterocycles. The van der Waals surface area contributed by atoms with E-state index in [-0.39, 0.29) is 18.8 Å². The van der Waals surface area contributed by atoms with Gasteiger partial charge in [-0.2, -0.15) is 13.2 Å². The van der Waals surface area contributed by atoms with Crippen molar-refractivity contribution in [3.63, 3.8) is 0 Å². The summed E-state index contributed by atoms with van der Waals surface area (Å²) >= 11 is 0.767. The Labute approximate surface area is 100 Å². The first-order chi connectivity index (χ1) is 7.71. The van der Waals surface area contributed by atoms with Crippen molar-refractivity contribution in [3.05, 3.63) is 9.81 Å². The van der Waals surface area contributed by atoms with Crippen molar-refractivity contribution in [2.24, 2.45) is 0 Å². The fourth-order valence-electron chi connectivity index (χ4n) is 1.21. The molecule has 1 aliphatic rings. The number of hydrogen-bond donors (Lipinski definition) is 0. The number of allylic oxidation sites excluding steroid dienone is 1. The number of halogens is 3. The molecule has 0 atom stereocenters. The predicted molar refractivity (Wildman–Crippen MR) is 55.7 cm³/mol. The highest BCUT2D eigenvalue weighted by molar-refractivity contribution is 8.06. The summed E-state index contributed by atoms with van der Waals surface area (Å²) in [6.45, 7) is 1.46. The lowest BCUT2D eigenvalue weighted by Gasteiger charge is -2.10. The van der Waals surface area contributed by atoms with Crippen molar-refractivity contribution in [1.29, 1.82) is 0 Å². The molecule has 0 aromatic heterocycles. The molecule has 0 aromatic rings. The van der Waals surface area contributed by atoms with Crippen LogP contribution in [0, 0.1) is 0 Å². The van der Waals surface area contributed by atoms with Crippen molar-refractivity contribution in [1.82, 2.24) is 0 Å². The Balaban J connectivity index is 3.19. The Morgan fingerprint density at radius 1 is 1.47 bits per heavy atom. The van der Waals surface area contributed by atoms with Gasteiger partial charge in [-0.15, -0.1) is 11.8 Å². The zero-order chi connectivity index (χ0) is 13.3. The Hall–Kier alpha value is -0.700. The van der Waals surface area contributed by atoms with Gasteiger partial charge in [-0.25, -0.2) is 13.2 Å². The predicted octanol–water partition coefficient (Wildman–Crippen LogP) is 1.83. The maximum Gasteiger partial charge on any atom is 0.501 e. The van der Waals surface area contributed by atoms with E-state index in [1.54, 1.807) is 0 Å². The highest BCUT2D eigenvalue weighted by Crippen LogP contribution is 2.41. The number of thioether (sulfide) groups is 1. The number of rotatable bonds is 3. The molecule has 0 saturated heterocycles. The van der Waals surface area contributed by atoms with E-state index in [0.29, 0.717) is 0 Å². The van der Waals surface area contributed by atoms with Crippen molar-refractivity contribution in [2.75, 3.05) is 12.4 Å². The lowest BCUT2D eigenvalue weighted by Crippen LogP contribution is -2.25. The second kappa shape index (κ2) is 4.89. The molecule has 98 valence electrons. The number of sulfone groups is 1. The molecule has 1 rings (SSSR count). The topological polar surface area (TPSA) is 60.4 Å². The summed E-state index contributed by atoms with van der Waals surface area (Å²) in [5, 5.41) is 0. The fourth-order valence-corrected chi connectivity index (χ4v) is 3.77. The molecular weight excluding hydrogens is 281 g/mol. The summed E-state index contributed by atoms with van der Waals surface area (Å²) in [4.78, 5) is 9.96. The lowest BCUT2D eigenvalue weighted by molar-refractivity contribution is -0.137. The number of hydrogen-bond acceptors (Lipinski definition) is 5. The van der Waals surface area contributed by atoms with Crippen LogP contribution in [-0.4, -0.2) is 32.3 Å². The van der Waals surface area contributed by atoms with E-state index in [9.17, 15) is 26.4 Å². The van der Waals surface area contributed by atoms with Gasteiger partial charge in [0.2, 0.25) is 0 Å². The van der Waals surface area contributed by atoms with E-state index in [0.717, 1.165) is 11.8 Å². The van der Waals surface area contributed by atoms with Crippen molar-refractivity contribution >= 4 is 27.6 Å². The number of carbonyl (C=O) groups is 1. The van der Waals surface area contributed by atoms with Crippen LogP contribution in [0.15, 0.2) is 9.81 Å². The Bertz CT molecular complexity index is 450. The Morgan fingerprint density at radius 2 is 2.06 bits per heavy atom. The van der Waals surface area contributed by atoms with Crippen LogP contribution in [0.4, 0.5) is 13.2 Å². The quantitative estimate of drug-likeness (QED) is 0.742. The highest BCUT2D eigenvalue weighted by atomic mass is 32.2. The zero-order valence-electron chi connectivity index (χ0n) is 8.70. The molecule has 0 N–H and O–H groups in total. The molecule has 0 radical (unpaired) electrons. The third kappa shape index (κ3) is 2.76. The standard InChI is InChI=1S/C8H9F3O4S2/c1-2-15-7(12)6-5(3-4-16-6)17(13,14)8(9,10)11/h2-4H2,1H3.